The summed E-state index contributed by atoms with van der Waals surface area (Å²) in [6.45, 7) is 12.3. The van der Waals surface area contributed by atoms with Gasteiger partial charge in [0.15, 0.2) is 0 Å². The van der Waals surface area contributed by atoms with Crippen molar-refractivity contribution in [1.82, 2.24) is 10.3 Å². The van der Waals surface area contributed by atoms with Crippen molar-refractivity contribution in [2.45, 2.75) is 51.6 Å². The molecular weight excluding hydrogens is 338 g/mol. The van der Waals surface area contributed by atoms with Gasteiger partial charge < -0.3 is 20.3 Å². The molecule has 0 aliphatic carbocycles. The van der Waals surface area contributed by atoms with Crippen LogP contribution in [0.3, 0.4) is 0 Å². The van der Waals surface area contributed by atoms with Crippen LogP contribution in [0.2, 0.25) is 0 Å². The summed E-state index contributed by atoms with van der Waals surface area (Å²) in [5, 5.41) is 14.0. The number of carbonyl (C=O) groups is 1. The molecule has 1 amide bonds. The second-order valence-corrected chi connectivity index (χ2v) is 8.51. The molecule has 5 heteroatoms. The Morgan fingerprint density at radius 1 is 1.41 bits per heavy atom. The SMILES string of the molecule is C=CC(C)(C)c1ccc2c3c(c[nH]c13)C[C@H](CO)NC(=O)[C@@H](C(C)C)N2C. The third-order valence-corrected chi connectivity index (χ3v) is 5.83. The van der Waals surface area contributed by atoms with Crippen LogP contribution in [-0.2, 0) is 16.6 Å². The first-order valence-electron chi connectivity index (χ1n) is 9.62. The van der Waals surface area contributed by atoms with Gasteiger partial charge in [0.25, 0.3) is 0 Å². The number of likely N-dealkylation sites (N-methyl/N-ethyl adjacent to an activating group) is 1. The Morgan fingerprint density at radius 3 is 2.70 bits per heavy atom. The van der Waals surface area contributed by atoms with Gasteiger partial charge >= 0.3 is 0 Å². The number of allylic oxidation sites excluding steroid dienone is 1. The van der Waals surface area contributed by atoms with E-state index in [-0.39, 0.29) is 35.9 Å². The van der Waals surface area contributed by atoms with Crippen LogP contribution in [0.25, 0.3) is 10.9 Å². The largest absolute Gasteiger partial charge is 0.394 e. The quantitative estimate of drug-likeness (QED) is 0.726. The molecule has 0 fully saturated rings. The van der Waals surface area contributed by atoms with Gasteiger partial charge in [0, 0.05) is 29.7 Å². The van der Waals surface area contributed by atoms with Crippen LogP contribution in [0, 0.1) is 5.92 Å². The maximum Gasteiger partial charge on any atom is 0.243 e. The van der Waals surface area contributed by atoms with Gasteiger partial charge in [-0.25, -0.2) is 0 Å². The maximum absolute atomic E-state index is 12.9. The predicted molar refractivity (Wildman–Crippen MR) is 111 cm³/mol. The Morgan fingerprint density at radius 2 is 2.11 bits per heavy atom. The molecule has 3 N–H and O–H groups in total. The summed E-state index contributed by atoms with van der Waals surface area (Å²) in [5.41, 5.74) is 4.22. The molecule has 1 aliphatic heterocycles. The molecule has 0 bridgehead atoms. The van der Waals surface area contributed by atoms with Crippen LogP contribution in [0.5, 0.6) is 0 Å². The summed E-state index contributed by atoms with van der Waals surface area (Å²) in [6, 6.07) is 3.64. The number of hydrogen-bond donors (Lipinski definition) is 3. The van der Waals surface area contributed by atoms with Crippen molar-refractivity contribution in [3.8, 4) is 0 Å². The molecule has 0 saturated heterocycles. The third-order valence-electron chi connectivity index (χ3n) is 5.83. The van der Waals surface area contributed by atoms with Crippen LogP contribution >= 0.6 is 0 Å². The minimum atomic E-state index is -0.304. The summed E-state index contributed by atoms with van der Waals surface area (Å²) in [4.78, 5) is 18.5. The summed E-state index contributed by atoms with van der Waals surface area (Å²) in [6.07, 6.45) is 4.56. The van der Waals surface area contributed by atoms with Gasteiger partial charge in [-0.15, -0.1) is 6.58 Å². The second-order valence-electron chi connectivity index (χ2n) is 8.51. The van der Waals surface area contributed by atoms with Crippen LogP contribution in [-0.4, -0.2) is 41.7 Å². The number of aliphatic hydroxyl groups is 1. The van der Waals surface area contributed by atoms with Gasteiger partial charge in [-0.1, -0.05) is 39.8 Å². The first kappa shape index (κ1) is 19.5. The number of nitrogens with one attached hydrogen (secondary N) is 2. The fraction of sp³-hybridized carbons (Fsp3) is 0.500. The van der Waals surface area contributed by atoms with E-state index in [0.29, 0.717) is 6.42 Å². The van der Waals surface area contributed by atoms with Gasteiger partial charge in [-0.05, 0) is 29.5 Å². The van der Waals surface area contributed by atoms with Crippen LogP contribution in [0.1, 0.15) is 38.8 Å². The van der Waals surface area contributed by atoms with Gasteiger partial charge in [-0.3, -0.25) is 4.79 Å². The molecule has 1 aromatic heterocycles. The summed E-state index contributed by atoms with van der Waals surface area (Å²) in [5.74, 6) is 0.0958. The number of amides is 1. The van der Waals surface area contributed by atoms with E-state index in [9.17, 15) is 9.90 Å². The lowest BCUT2D eigenvalue weighted by Crippen LogP contribution is -2.52. The van der Waals surface area contributed by atoms with Crippen molar-refractivity contribution in [1.29, 1.82) is 0 Å². The number of nitrogens with zero attached hydrogens (tertiary/aromatic N) is 1. The average Bonchev–Trinajstić information content (AvgIpc) is 3.04. The molecule has 3 rings (SSSR count). The molecule has 2 heterocycles. The van der Waals surface area contributed by atoms with E-state index in [4.69, 9.17) is 0 Å². The number of aromatic amines is 1. The Balaban J connectivity index is 2.29. The van der Waals surface area contributed by atoms with Gasteiger partial charge in [0.05, 0.1) is 18.2 Å². The van der Waals surface area contributed by atoms with E-state index in [2.05, 4.69) is 61.6 Å². The fourth-order valence-electron chi connectivity index (χ4n) is 4.19. The molecule has 27 heavy (non-hydrogen) atoms. The van der Waals surface area contributed by atoms with Crippen LogP contribution in [0.15, 0.2) is 31.0 Å². The molecule has 2 atom stereocenters. The van der Waals surface area contributed by atoms with Crippen molar-refractivity contribution in [2.24, 2.45) is 5.92 Å². The van der Waals surface area contributed by atoms with Crippen molar-refractivity contribution in [3.05, 3.63) is 42.1 Å². The Labute approximate surface area is 161 Å². The van der Waals surface area contributed by atoms with Crippen LogP contribution in [0.4, 0.5) is 5.69 Å². The van der Waals surface area contributed by atoms with Gasteiger partial charge in [-0.2, -0.15) is 0 Å². The van der Waals surface area contributed by atoms with Crippen LogP contribution < -0.4 is 10.2 Å². The monoisotopic (exact) mass is 369 g/mol. The van der Waals surface area contributed by atoms with E-state index >= 15 is 0 Å². The van der Waals surface area contributed by atoms with Crippen molar-refractivity contribution in [3.63, 3.8) is 0 Å². The van der Waals surface area contributed by atoms with Crippen molar-refractivity contribution >= 4 is 22.5 Å². The smallest absolute Gasteiger partial charge is 0.243 e. The highest BCUT2D eigenvalue weighted by Crippen LogP contribution is 2.39. The number of aromatic nitrogens is 1. The number of benzene rings is 1. The molecule has 2 aromatic rings. The molecule has 1 aromatic carbocycles. The first-order chi connectivity index (χ1) is 12.7. The zero-order chi connectivity index (χ0) is 19.9. The topological polar surface area (TPSA) is 68.4 Å². The highest BCUT2D eigenvalue weighted by molar-refractivity contribution is 6.00. The lowest BCUT2D eigenvalue weighted by Gasteiger charge is -2.33. The predicted octanol–water partition coefficient (Wildman–Crippen LogP) is 3.13. The van der Waals surface area contributed by atoms with E-state index < -0.39 is 0 Å². The van der Waals surface area contributed by atoms with Gasteiger partial charge in [0.2, 0.25) is 5.91 Å². The first-order valence-corrected chi connectivity index (χ1v) is 9.62. The Bertz CT molecular complexity index is 866. The average molecular weight is 370 g/mol. The van der Waals surface area contributed by atoms with E-state index in [1.54, 1.807) is 0 Å². The minimum Gasteiger partial charge on any atom is -0.394 e. The highest BCUT2D eigenvalue weighted by Gasteiger charge is 2.33. The molecule has 0 unspecified atom stereocenters. The molecule has 0 spiro atoms. The maximum atomic E-state index is 12.9. The molecule has 146 valence electrons. The second kappa shape index (κ2) is 7.04. The van der Waals surface area contributed by atoms with Gasteiger partial charge in [0.1, 0.15) is 6.04 Å². The lowest BCUT2D eigenvalue weighted by molar-refractivity contribution is -0.124. The standard InChI is InChI=1S/C22H31N3O2/c1-7-22(4,5)16-8-9-17-18-14(11-23-19(16)18)10-15(12-26)24-21(27)20(13(2)3)25(17)6/h7-9,11,13,15,20,23,26H,1,10,12H2,2-6H3,(H,24,27)/t15-,20-/m1/s1. The third kappa shape index (κ3) is 3.25. The summed E-state index contributed by atoms with van der Waals surface area (Å²) in [7, 11) is 1.98. The zero-order valence-electron chi connectivity index (χ0n) is 17.0. The molecule has 0 saturated carbocycles. The molecule has 0 radical (unpaired) electrons. The van der Waals surface area contributed by atoms with E-state index in [0.717, 1.165) is 22.2 Å². The summed E-state index contributed by atoms with van der Waals surface area (Å²) >= 11 is 0. The molecular formula is C22H31N3O2. The Hall–Kier alpha value is -2.27. The fourth-order valence-corrected chi connectivity index (χ4v) is 4.19. The number of rotatable bonds is 4. The van der Waals surface area contributed by atoms with Crippen molar-refractivity contribution in [2.75, 3.05) is 18.6 Å². The number of hydrogen-bond acceptors (Lipinski definition) is 3. The minimum absolute atomic E-state index is 0.0377. The lowest BCUT2D eigenvalue weighted by atomic mass is 9.83. The van der Waals surface area contributed by atoms with E-state index in [1.165, 1.54) is 5.56 Å². The summed E-state index contributed by atoms with van der Waals surface area (Å²) < 4.78 is 0. The van der Waals surface area contributed by atoms with Crippen molar-refractivity contribution < 1.29 is 9.90 Å². The number of aliphatic hydroxyl groups excluding tert-OH is 1. The van der Waals surface area contributed by atoms with E-state index in [1.807, 2.05) is 19.3 Å². The molecule has 1 aliphatic rings. The number of anilines is 1. The Kier molecular flexibility index (Phi) is 5.08. The number of H-pyrrole nitrogens is 1. The zero-order valence-corrected chi connectivity index (χ0v) is 17.0. The number of carbonyl (C=O) groups excluding carboxylic acids is 1. The molecule has 5 nitrogen and oxygen atoms in total. The highest BCUT2D eigenvalue weighted by atomic mass is 16.3. The normalized spacial score (nSPS) is 21.0.